The summed E-state index contributed by atoms with van der Waals surface area (Å²) in [6, 6.07) is 0. The molecule has 0 fully saturated rings. The van der Waals surface area contributed by atoms with E-state index in [1.807, 2.05) is 0 Å². The van der Waals surface area contributed by atoms with E-state index in [2.05, 4.69) is 20.8 Å². The molecule has 134 valence electrons. The molecule has 0 radical (unpaired) electrons. The standard InChI is InChI=1S/C21H45N/c1-4-7-10-11-12-13-14-17-20-21(22,18-15-8-5-2)19-16-9-6-3/h4-20,22H2,1-3H3. The Morgan fingerprint density at radius 2 is 0.727 bits per heavy atom. The highest BCUT2D eigenvalue weighted by Gasteiger charge is 2.23. The number of nitrogens with two attached hydrogens (primary N) is 1. The minimum atomic E-state index is 0.145. The van der Waals surface area contributed by atoms with Crippen molar-refractivity contribution in [2.75, 3.05) is 0 Å². The Balaban J connectivity index is 3.80. The number of rotatable bonds is 17. The quantitative estimate of drug-likeness (QED) is 0.279. The van der Waals surface area contributed by atoms with Crippen LogP contribution < -0.4 is 5.73 Å². The minimum Gasteiger partial charge on any atom is -0.325 e. The lowest BCUT2D eigenvalue weighted by Gasteiger charge is -2.30. The highest BCUT2D eigenvalue weighted by Crippen LogP contribution is 2.26. The molecule has 0 aliphatic heterocycles. The first kappa shape index (κ1) is 22.0. The first-order valence-corrected chi connectivity index (χ1v) is 10.5. The molecule has 0 bridgehead atoms. The zero-order valence-corrected chi connectivity index (χ0v) is 16.1. The average molecular weight is 312 g/mol. The molecule has 0 heterocycles. The van der Waals surface area contributed by atoms with Gasteiger partial charge in [-0.15, -0.1) is 0 Å². The summed E-state index contributed by atoms with van der Waals surface area (Å²) in [7, 11) is 0. The van der Waals surface area contributed by atoms with Crippen molar-refractivity contribution in [3.05, 3.63) is 0 Å². The van der Waals surface area contributed by atoms with Crippen LogP contribution in [-0.4, -0.2) is 5.54 Å². The molecule has 0 aromatic heterocycles. The first-order chi connectivity index (χ1) is 10.7. The van der Waals surface area contributed by atoms with Crippen LogP contribution in [-0.2, 0) is 0 Å². The monoisotopic (exact) mass is 311 g/mol. The highest BCUT2D eigenvalue weighted by molar-refractivity contribution is 4.83. The van der Waals surface area contributed by atoms with Crippen molar-refractivity contribution in [2.24, 2.45) is 5.73 Å². The molecule has 2 N–H and O–H groups in total. The Hall–Kier alpha value is -0.0400. The summed E-state index contributed by atoms with van der Waals surface area (Å²) in [5.74, 6) is 0. The van der Waals surface area contributed by atoms with Crippen molar-refractivity contribution >= 4 is 0 Å². The van der Waals surface area contributed by atoms with Crippen molar-refractivity contribution in [2.45, 2.75) is 135 Å². The number of unbranched alkanes of at least 4 members (excludes halogenated alkanes) is 11. The highest BCUT2D eigenvalue weighted by atomic mass is 14.7. The van der Waals surface area contributed by atoms with Crippen LogP contribution in [0, 0.1) is 0 Å². The van der Waals surface area contributed by atoms with Crippen LogP contribution in [0.5, 0.6) is 0 Å². The molecule has 0 spiro atoms. The number of hydrogen-bond donors (Lipinski definition) is 1. The topological polar surface area (TPSA) is 26.0 Å². The molecule has 1 heteroatoms. The second kappa shape index (κ2) is 15.8. The normalized spacial score (nSPS) is 12.0. The zero-order chi connectivity index (χ0) is 16.5. The Kier molecular flexibility index (Phi) is 15.8. The molecule has 22 heavy (non-hydrogen) atoms. The lowest BCUT2D eigenvalue weighted by atomic mass is 9.83. The Morgan fingerprint density at radius 1 is 0.455 bits per heavy atom. The van der Waals surface area contributed by atoms with Crippen LogP contribution in [0.1, 0.15) is 130 Å². The molecule has 0 unspecified atom stereocenters. The van der Waals surface area contributed by atoms with Crippen molar-refractivity contribution in [1.82, 2.24) is 0 Å². The van der Waals surface area contributed by atoms with Crippen molar-refractivity contribution < 1.29 is 0 Å². The SMILES string of the molecule is CCCCCCCCCCC(N)(CCCCC)CCCCC. The lowest BCUT2D eigenvalue weighted by molar-refractivity contribution is 0.305. The van der Waals surface area contributed by atoms with Gasteiger partial charge in [0, 0.05) is 5.54 Å². The van der Waals surface area contributed by atoms with E-state index in [-0.39, 0.29) is 5.54 Å². The fourth-order valence-electron chi connectivity index (χ4n) is 3.44. The number of hydrogen-bond acceptors (Lipinski definition) is 1. The second-order valence-corrected chi connectivity index (χ2v) is 7.50. The van der Waals surface area contributed by atoms with Gasteiger partial charge in [-0.3, -0.25) is 0 Å². The lowest BCUT2D eigenvalue weighted by Crippen LogP contribution is -2.39. The molecule has 0 aliphatic rings. The van der Waals surface area contributed by atoms with Gasteiger partial charge in [0.15, 0.2) is 0 Å². The van der Waals surface area contributed by atoms with Crippen molar-refractivity contribution in [3.63, 3.8) is 0 Å². The van der Waals surface area contributed by atoms with Crippen LogP contribution in [0.2, 0.25) is 0 Å². The molecule has 0 saturated heterocycles. The van der Waals surface area contributed by atoms with Crippen LogP contribution in [0.3, 0.4) is 0 Å². The van der Waals surface area contributed by atoms with Gasteiger partial charge in [0.2, 0.25) is 0 Å². The molecule has 0 atom stereocenters. The van der Waals surface area contributed by atoms with Gasteiger partial charge in [0.25, 0.3) is 0 Å². The predicted octanol–water partition coefficient (Wildman–Crippen LogP) is 7.38. The fraction of sp³-hybridized carbons (Fsp3) is 1.00. The van der Waals surface area contributed by atoms with Gasteiger partial charge in [0.1, 0.15) is 0 Å². The summed E-state index contributed by atoms with van der Waals surface area (Å²) in [5, 5.41) is 0. The maximum Gasteiger partial charge on any atom is 0.0154 e. The summed E-state index contributed by atoms with van der Waals surface area (Å²) < 4.78 is 0. The Bertz CT molecular complexity index is 202. The average Bonchev–Trinajstić information content (AvgIpc) is 2.51. The van der Waals surface area contributed by atoms with E-state index in [1.165, 1.54) is 109 Å². The Labute approximate surface area is 141 Å². The smallest absolute Gasteiger partial charge is 0.0154 e. The molecule has 0 amide bonds. The summed E-state index contributed by atoms with van der Waals surface area (Å²) >= 11 is 0. The van der Waals surface area contributed by atoms with E-state index in [0.29, 0.717) is 0 Å². The molecular formula is C21H45N. The van der Waals surface area contributed by atoms with Gasteiger partial charge in [-0.25, -0.2) is 0 Å². The van der Waals surface area contributed by atoms with Gasteiger partial charge < -0.3 is 5.73 Å². The summed E-state index contributed by atoms with van der Waals surface area (Å²) in [5.41, 5.74) is 6.91. The van der Waals surface area contributed by atoms with E-state index < -0.39 is 0 Å². The second-order valence-electron chi connectivity index (χ2n) is 7.50. The third-order valence-corrected chi connectivity index (χ3v) is 5.08. The zero-order valence-electron chi connectivity index (χ0n) is 16.1. The largest absolute Gasteiger partial charge is 0.325 e. The van der Waals surface area contributed by atoms with E-state index in [0.717, 1.165) is 0 Å². The van der Waals surface area contributed by atoms with Crippen LogP contribution in [0.4, 0.5) is 0 Å². The van der Waals surface area contributed by atoms with Gasteiger partial charge in [-0.2, -0.15) is 0 Å². The van der Waals surface area contributed by atoms with Crippen molar-refractivity contribution in [3.8, 4) is 0 Å². The minimum absolute atomic E-state index is 0.145. The molecule has 0 aromatic rings. The molecule has 0 aromatic carbocycles. The summed E-state index contributed by atoms with van der Waals surface area (Å²) in [4.78, 5) is 0. The van der Waals surface area contributed by atoms with Gasteiger partial charge in [-0.05, 0) is 19.3 Å². The maximum atomic E-state index is 6.76. The van der Waals surface area contributed by atoms with Crippen LogP contribution in [0.15, 0.2) is 0 Å². The van der Waals surface area contributed by atoms with E-state index in [4.69, 9.17) is 5.73 Å². The molecular weight excluding hydrogens is 266 g/mol. The van der Waals surface area contributed by atoms with E-state index in [9.17, 15) is 0 Å². The molecule has 0 saturated carbocycles. The van der Waals surface area contributed by atoms with Crippen molar-refractivity contribution in [1.29, 1.82) is 0 Å². The van der Waals surface area contributed by atoms with Gasteiger partial charge in [0.05, 0.1) is 0 Å². The van der Waals surface area contributed by atoms with Crippen LogP contribution >= 0.6 is 0 Å². The van der Waals surface area contributed by atoms with Gasteiger partial charge in [-0.1, -0.05) is 111 Å². The molecule has 0 aliphatic carbocycles. The fourth-order valence-corrected chi connectivity index (χ4v) is 3.44. The van der Waals surface area contributed by atoms with Crippen LogP contribution in [0.25, 0.3) is 0 Å². The maximum absolute atomic E-state index is 6.76. The summed E-state index contributed by atoms with van der Waals surface area (Å²) in [6.45, 7) is 6.86. The van der Waals surface area contributed by atoms with Gasteiger partial charge >= 0.3 is 0 Å². The van der Waals surface area contributed by atoms with E-state index in [1.54, 1.807) is 0 Å². The third kappa shape index (κ3) is 13.6. The molecule has 1 nitrogen and oxygen atoms in total. The third-order valence-electron chi connectivity index (χ3n) is 5.08. The molecule has 0 rings (SSSR count). The first-order valence-electron chi connectivity index (χ1n) is 10.5. The predicted molar refractivity (Wildman–Crippen MR) is 102 cm³/mol. The Morgan fingerprint density at radius 3 is 1.14 bits per heavy atom. The summed E-state index contributed by atoms with van der Waals surface area (Å²) in [6.07, 6.45) is 23.0. The van der Waals surface area contributed by atoms with E-state index >= 15 is 0 Å².